The van der Waals surface area contributed by atoms with Crippen LogP contribution >= 0.6 is 0 Å². The fraction of sp³-hybridized carbons (Fsp3) is 0.467. The minimum Gasteiger partial charge on any atom is -0.491 e. The summed E-state index contributed by atoms with van der Waals surface area (Å²) in [7, 11) is 0. The van der Waals surface area contributed by atoms with E-state index in [0.29, 0.717) is 13.2 Å². The average Bonchev–Trinajstić information content (AvgIpc) is 2.41. The second-order valence-corrected chi connectivity index (χ2v) is 3.93. The first kappa shape index (κ1) is 14.6. The Morgan fingerprint density at radius 2 is 2.17 bits per heavy atom. The summed E-state index contributed by atoms with van der Waals surface area (Å²) in [6.45, 7) is 5.12. The molecule has 3 nitrogen and oxygen atoms in total. The normalized spacial score (nSPS) is 11.5. The van der Waals surface area contributed by atoms with Crippen molar-refractivity contribution in [2.24, 2.45) is 0 Å². The van der Waals surface area contributed by atoms with Gasteiger partial charge in [0.1, 0.15) is 19.0 Å². The highest BCUT2D eigenvalue weighted by atomic mass is 16.5. The van der Waals surface area contributed by atoms with Crippen LogP contribution in [0.15, 0.2) is 24.3 Å². The van der Waals surface area contributed by atoms with Gasteiger partial charge in [-0.25, -0.2) is 0 Å². The van der Waals surface area contributed by atoms with E-state index in [1.54, 1.807) is 0 Å². The molecule has 0 aliphatic rings. The number of hydrogen-bond donors (Lipinski definition) is 1. The summed E-state index contributed by atoms with van der Waals surface area (Å²) in [4.78, 5) is 0. The lowest BCUT2D eigenvalue weighted by Crippen LogP contribution is -2.13. The summed E-state index contributed by atoms with van der Waals surface area (Å²) in [5.74, 6) is 6.22. The summed E-state index contributed by atoms with van der Waals surface area (Å²) in [5, 5.41) is 8.62. The highest BCUT2D eigenvalue weighted by Gasteiger charge is 1.99. The maximum atomic E-state index is 8.62. The van der Waals surface area contributed by atoms with Crippen LogP contribution < -0.4 is 4.74 Å². The average molecular weight is 248 g/mol. The van der Waals surface area contributed by atoms with Crippen molar-refractivity contribution >= 4 is 0 Å². The zero-order chi connectivity index (χ0) is 13.2. The van der Waals surface area contributed by atoms with Crippen LogP contribution in [0.5, 0.6) is 5.75 Å². The minimum absolute atomic E-state index is 0.131. The lowest BCUT2D eigenvalue weighted by molar-refractivity contribution is 0.0427. The molecule has 0 amide bonds. The molecular weight excluding hydrogens is 228 g/mol. The molecule has 0 bridgehead atoms. The molecule has 1 rings (SSSR count). The maximum absolute atomic E-state index is 8.62. The minimum atomic E-state index is -0.131. The smallest absolute Gasteiger partial charge is 0.120 e. The Bertz CT molecular complexity index is 404. The maximum Gasteiger partial charge on any atom is 0.120 e. The molecule has 18 heavy (non-hydrogen) atoms. The SMILES string of the molecule is CCC(C)OCCOc1cccc(C#CCO)c1. The topological polar surface area (TPSA) is 38.7 Å². The van der Waals surface area contributed by atoms with Crippen LogP contribution in [0.2, 0.25) is 0 Å². The number of hydrogen-bond acceptors (Lipinski definition) is 3. The molecule has 3 heteroatoms. The Labute approximate surface area is 109 Å². The van der Waals surface area contributed by atoms with Crippen molar-refractivity contribution < 1.29 is 14.6 Å². The van der Waals surface area contributed by atoms with Crippen molar-refractivity contribution in [2.45, 2.75) is 26.4 Å². The van der Waals surface area contributed by atoms with E-state index in [9.17, 15) is 0 Å². The van der Waals surface area contributed by atoms with Gasteiger partial charge in [0.05, 0.1) is 12.7 Å². The zero-order valence-corrected chi connectivity index (χ0v) is 11.0. The molecule has 0 fully saturated rings. The van der Waals surface area contributed by atoms with E-state index in [1.807, 2.05) is 31.2 Å². The van der Waals surface area contributed by atoms with E-state index < -0.39 is 0 Å². The van der Waals surface area contributed by atoms with Gasteiger partial charge in [-0.15, -0.1) is 0 Å². The van der Waals surface area contributed by atoms with Crippen LogP contribution in [0.1, 0.15) is 25.8 Å². The molecule has 98 valence electrons. The third-order valence-electron chi connectivity index (χ3n) is 2.48. The van der Waals surface area contributed by atoms with E-state index in [2.05, 4.69) is 18.8 Å². The predicted molar refractivity (Wildman–Crippen MR) is 71.6 cm³/mol. The summed E-state index contributed by atoms with van der Waals surface area (Å²) in [5.41, 5.74) is 0.837. The van der Waals surface area contributed by atoms with E-state index in [0.717, 1.165) is 17.7 Å². The zero-order valence-electron chi connectivity index (χ0n) is 11.0. The molecule has 1 atom stereocenters. The van der Waals surface area contributed by atoms with Crippen molar-refractivity contribution in [1.29, 1.82) is 0 Å². The van der Waals surface area contributed by atoms with Crippen LogP contribution in [-0.2, 0) is 4.74 Å². The van der Waals surface area contributed by atoms with Gasteiger partial charge >= 0.3 is 0 Å². The quantitative estimate of drug-likeness (QED) is 0.619. The molecule has 0 aliphatic heterocycles. The summed E-state index contributed by atoms with van der Waals surface area (Å²) in [6, 6.07) is 7.50. The van der Waals surface area contributed by atoms with Crippen molar-refractivity contribution in [2.75, 3.05) is 19.8 Å². The Hall–Kier alpha value is -1.50. The van der Waals surface area contributed by atoms with Crippen molar-refractivity contribution in [1.82, 2.24) is 0 Å². The van der Waals surface area contributed by atoms with Gasteiger partial charge in [0.2, 0.25) is 0 Å². The number of aliphatic hydroxyl groups excluding tert-OH is 1. The molecule has 0 aliphatic carbocycles. The number of rotatable bonds is 6. The van der Waals surface area contributed by atoms with E-state index >= 15 is 0 Å². The Balaban J connectivity index is 2.38. The van der Waals surface area contributed by atoms with Crippen LogP contribution in [0.25, 0.3) is 0 Å². The lowest BCUT2D eigenvalue weighted by Gasteiger charge is -2.11. The van der Waals surface area contributed by atoms with Gasteiger partial charge in [-0.05, 0) is 31.5 Å². The van der Waals surface area contributed by atoms with Gasteiger partial charge in [0.15, 0.2) is 0 Å². The fourth-order valence-corrected chi connectivity index (χ4v) is 1.33. The van der Waals surface area contributed by atoms with Crippen molar-refractivity contribution in [3.63, 3.8) is 0 Å². The van der Waals surface area contributed by atoms with Crippen molar-refractivity contribution in [3.05, 3.63) is 29.8 Å². The number of ether oxygens (including phenoxy) is 2. The molecule has 0 heterocycles. The molecule has 1 aromatic rings. The number of benzene rings is 1. The van der Waals surface area contributed by atoms with E-state index in [-0.39, 0.29) is 12.7 Å². The molecule has 1 aromatic carbocycles. The second-order valence-electron chi connectivity index (χ2n) is 3.93. The first-order chi connectivity index (χ1) is 8.76. The van der Waals surface area contributed by atoms with Crippen LogP contribution in [0.3, 0.4) is 0 Å². The van der Waals surface area contributed by atoms with Gasteiger partial charge in [-0.2, -0.15) is 0 Å². The van der Waals surface area contributed by atoms with Crippen LogP contribution in [0.4, 0.5) is 0 Å². The molecule has 0 saturated carbocycles. The first-order valence-corrected chi connectivity index (χ1v) is 6.20. The molecule has 0 saturated heterocycles. The van der Waals surface area contributed by atoms with Gasteiger partial charge in [0, 0.05) is 5.56 Å². The third-order valence-corrected chi connectivity index (χ3v) is 2.48. The van der Waals surface area contributed by atoms with Gasteiger partial charge in [-0.1, -0.05) is 24.8 Å². The van der Waals surface area contributed by atoms with E-state index in [1.165, 1.54) is 0 Å². The molecule has 0 spiro atoms. The lowest BCUT2D eigenvalue weighted by atomic mass is 10.2. The van der Waals surface area contributed by atoms with Crippen molar-refractivity contribution in [3.8, 4) is 17.6 Å². The van der Waals surface area contributed by atoms with Gasteiger partial charge in [0.25, 0.3) is 0 Å². The molecular formula is C15H20O3. The highest BCUT2D eigenvalue weighted by molar-refractivity contribution is 5.39. The monoisotopic (exact) mass is 248 g/mol. The predicted octanol–water partition coefficient (Wildman–Crippen LogP) is 2.22. The third kappa shape index (κ3) is 5.72. The molecule has 0 aromatic heterocycles. The first-order valence-electron chi connectivity index (χ1n) is 6.20. The fourth-order valence-electron chi connectivity index (χ4n) is 1.33. The Kier molecular flexibility index (Phi) is 6.93. The summed E-state index contributed by atoms with van der Waals surface area (Å²) >= 11 is 0. The summed E-state index contributed by atoms with van der Waals surface area (Å²) in [6.07, 6.45) is 1.28. The van der Waals surface area contributed by atoms with Gasteiger partial charge < -0.3 is 14.6 Å². The molecule has 0 radical (unpaired) electrons. The molecule has 1 unspecified atom stereocenters. The van der Waals surface area contributed by atoms with Crippen LogP contribution in [-0.4, -0.2) is 31.0 Å². The standard InChI is InChI=1S/C15H20O3/c1-3-13(2)17-10-11-18-15-8-4-6-14(12-15)7-5-9-16/h4,6,8,12-13,16H,3,9-11H2,1-2H3. The van der Waals surface area contributed by atoms with Gasteiger partial charge in [-0.3, -0.25) is 0 Å². The number of aliphatic hydroxyl groups is 1. The highest BCUT2D eigenvalue weighted by Crippen LogP contribution is 2.12. The Morgan fingerprint density at radius 3 is 2.89 bits per heavy atom. The molecule has 1 N–H and O–H groups in total. The second kappa shape index (κ2) is 8.57. The van der Waals surface area contributed by atoms with E-state index in [4.69, 9.17) is 14.6 Å². The van der Waals surface area contributed by atoms with Crippen LogP contribution in [0, 0.1) is 11.8 Å². The summed E-state index contributed by atoms with van der Waals surface area (Å²) < 4.78 is 11.1. The Morgan fingerprint density at radius 1 is 1.33 bits per heavy atom. The largest absolute Gasteiger partial charge is 0.491 e.